The van der Waals surface area contributed by atoms with Crippen LogP contribution in [-0.2, 0) is 9.53 Å². The summed E-state index contributed by atoms with van der Waals surface area (Å²) in [5.41, 5.74) is 1.73. The third-order valence-electron chi connectivity index (χ3n) is 2.92. The molecule has 2 aromatic rings. The number of aliphatic imine (C=N–C) groups is 1. The average molecular weight is 280 g/mol. The minimum absolute atomic E-state index is 0.251. The van der Waals surface area contributed by atoms with Gasteiger partial charge in [-0.1, -0.05) is 12.1 Å². The standard InChI is InChI=1S/C16H12N2O3/c1-20-13-6-2-5-12(9-13)15-18-14(16(19)21-15)8-11-4-3-7-17-10-11/h2-10H,1H3/b14-8+. The summed E-state index contributed by atoms with van der Waals surface area (Å²) in [5.74, 6) is 0.474. The Morgan fingerprint density at radius 2 is 2.14 bits per heavy atom. The normalized spacial score (nSPS) is 15.8. The van der Waals surface area contributed by atoms with Crippen molar-refractivity contribution < 1.29 is 14.3 Å². The molecule has 21 heavy (non-hydrogen) atoms. The largest absolute Gasteiger partial charge is 0.497 e. The number of pyridine rings is 1. The highest BCUT2D eigenvalue weighted by atomic mass is 16.6. The predicted molar refractivity (Wildman–Crippen MR) is 77.8 cm³/mol. The first-order valence-corrected chi connectivity index (χ1v) is 6.33. The van der Waals surface area contributed by atoms with Gasteiger partial charge in [0.2, 0.25) is 5.90 Å². The van der Waals surface area contributed by atoms with Crippen molar-refractivity contribution in [2.45, 2.75) is 0 Å². The van der Waals surface area contributed by atoms with Crippen molar-refractivity contribution in [3.8, 4) is 5.75 Å². The number of rotatable bonds is 3. The molecule has 0 atom stereocenters. The van der Waals surface area contributed by atoms with Gasteiger partial charge < -0.3 is 9.47 Å². The SMILES string of the molecule is COc1cccc(C2=N/C(=C/c3cccnc3)C(=O)O2)c1. The smallest absolute Gasteiger partial charge is 0.363 e. The summed E-state index contributed by atoms with van der Waals surface area (Å²) in [6.45, 7) is 0. The molecular weight excluding hydrogens is 268 g/mol. The van der Waals surface area contributed by atoms with Gasteiger partial charge in [-0.3, -0.25) is 4.98 Å². The molecule has 0 bridgehead atoms. The molecule has 0 fully saturated rings. The van der Waals surface area contributed by atoms with Crippen LogP contribution in [0, 0.1) is 0 Å². The van der Waals surface area contributed by atoms with Gasteiger partial charge in [0.05, 0.1) is 7.11 Å². The van der Waals surface area contributed by atoms with Crippen LogP contribution in [0.2, 0.25) is 0 Å². The number of nitrogens with zero attached hydrogens (tertiary/aromatic N) is 2. The Morgan fingerprint density at radius 1 is 1.24 bits per heavy atom. The summed E-state index contributed by atoms with van der Waals surface area (Å²) in [7, 11) is 1.58. The van der Waals surface area contributed by atoms with Crippen LogP contribution in [-0.4, -0.2) is 24.0 Å². The Labute approximate surface area is 121 Å². The van der Waals surface area contributed by atoms with Gasteiger partial charge in [-0.05, 0) is 35.9 Å². The van der Waals surface area contributed by atoms with Gasteiger partial charge in [-0.2, -0.15) is 0 Å². The fourth-order valence-electron chi connectivity index (χ4n) is 1.91. The van der Waals surface area contributed by atoms with E-state index in [9.17, 15) is 4.79 Å². The van der Waals surface area contributed by atoms with Gasteiger partial charge in [-0.25, -0.2) is 9.79 Å². The van der Waals surface area contributed by atoms with E-state index >= 15 is 0 Å². The molecule has 2 heterocycles. The van der Waals surface area contributed by atoms with Crippen LogP contribution in [0.4, 0.5) is 0 Å². The van der Waals surface area contributed by atoms with Gasteiger partial charge in [0, 0.05) is 18.0 Å². The zero-order valence-electron chi connectivity index (χ0n) is 11.3. The molecule has 3 rings (SSSR count). The minimum Gasteiger partial charge on any atom is -0.497 e. The molecular formula is C16H12N2O3. The van der Waals surface area contributed by atoms with Crippen LogP contribution < -0.4 is 4.74 Å². The van der Waals surface area contributed by atoms with E-state index in [0.29, 0.717) is 11.3 Å². The highest BCUT2D eigenvalue weighted by Crippen LogP contribution is 2.21. The summed E-state index contributed by atoms with van der Waals surface area (Å²) in [6.07, 6.45) is 4.96. The van der Waals surface area contributed by atoms with E-state index < -0.39 is 5.97 Å². The zero-order chi connectivity index (χ0) is 14.7. The summed E-state index contributed by atoms with van der Waals surface area (Å²) >= 11 is 0. The summed E-state index contributed by atoms with van der Waals surface area (Å²) in [4.78, 5) is 20.1. The van der Waals surface area contributed by atoms with E-state index in [-0.39, 0.29) is 11.6 Å². The van der Waals surface area contributed by atoms with Crippen molar-refractivity contribution in [2.24, 2.45) is 4.99 Å². The topological polar surface area (TPSA) is 60.8 Å². The molecule has 1 aliphatic rings. The molecule has 0 saturated heterocycles. The van der Waals surface area contributed by atoms with Crippen LogP contribution in [0.15, 0.2) is 59.5 Å². The first kappa shape index (κ1) is 13.1. The second-order valence-corrected chi connectivity index (χ2v) is 4.35. The highest BCUT2D eigenvalue weighted by Gasteiger charge is 2.24. The van der Waals surface area contributed by atoms with Gasteiger partial charge in [0.25, 0.3) is 0 Å². The number of benzene rings is 1. The maximum atomic E-state index is 11.9. The van der Waals surface area contributed by atoms with Gasteiger partial charge >= 0.3 is 5.97 Å². The molecule has 0 aliphatic carbocycles. The van der Waals surface area contributed by atoms with E-state index in [0.717, 1.165) is 5.56 Å². The second kappa shape index (κ2) is 5.58. The lowest BCUT2D eigenvalue weighted by atomic mass is 10.2. The van der Waals surface area contributed by atoms with Crippen molar-refractivity contribution in [3.05, 3.63) is 65.6 Å². The second-order valence-electron chi connectivity index (χ2n) is 4.35. The Balaban J connectivity index is 1.93. The quantitative estimate of drug-likeness (QED) is 0.640. The van der Waals surface area contributed by atoms with Crippen molar-refractivity contribution in [1.29, 1.82) is 0 Å². The third-order valence-corrected chi connectivity index (χ3v) is 2.92. The zero-order valence-corrected chi connectivity index (χ0v) is 11.3. The molecule has 1 aromatic heterocycles. The number of methoxy groups -OCH3 is 1. The van der Waals surface area contributed by atoms with E-state index in [1.165, 1.54) is 0 Å². The van der Waals surface area contributed by atoms with Crippen molar-refractivity contribution >= 4 is 17.9 Å². The first-order valence-electron chi connectivity index (χ1n) is 6.33. The van der Waals surface area contributed by atoms with Crippen LogP contribution >= 0.6 is 0 Å². The fraction of sp³-hybridized carbons (Fsp3) is 0.0625. The van der Waals surface area contributed by atoms with Crippen LogP contribution in [0.1, 0.15) is 11.1 Å². The minimum atomic E-state index is -0.475. The molecule has 0 unspecified atom stereocenters. The number of carbonyl (C=O) groups excluding carboxylic acids is 1. The number of carbonyl (C=O) groups is 1. The molecule has 1 aliphatic heterocycles. The van der Waals surface area contributed by atoms with Crippen LogP contribution in [0.3, 0.4) is 0 Å². The Kier molecular flexibility index (Phi) is 3.47. The molecule has 0 N–H and O–H groups in total. The van der Waals surface area contributed by atoms with E-state index in [1.54, 1.807) is 37.7 Å². The number of hydrogen-bond donors (Lipinski definition) is 0. The summed E-state index contributed by atoms with van der Waals surface area (Å²) in [5, 5.41) is 0. The molecule has 0 spiro atoms. The van der Waals surface area contributed by atoms with Crippen LogP contribution in [0.5, 0.6) is 5.75 Å². The van der Waals surface area contributed by atoms with E-state index in [4.69, 9.17) is 9.47 Å². The molecule has 5 nitrogen and oxygen atoms in total. The number of cyclic esters (lactones) is 1. The monoisotopic (exact) mass is 280 g/mol. The number of esters is 1. The first-order chi connectivity index (χ1) is 10.3. The van der Waals surface area contributed by atoms with Gasteiger partial charge in [0.15, 0.2) is 5.70 Å². The van der Waals surface area contributed by atoms with Gasteiger partial charge in [0.1, 0.15) is 5.75 Å². The van der Waals surface area contributed by atoms with Crippen molar-refractivity contribution in [3.63, 3.8) is 0 Å². The molecule has 0 amide bonds. The highest BCUT2D eigenvalue weighted by molar-refractivity contribution is 6.12. The molecule has 0 radical (unpaired) electrons. The molecule has 5 heteroatoms. The molecule has 104 valence electrons. The van der Waals surface area contributed by atoms with Crippen molar-refractivity contribution in [2.75, 3.05) is 7.11 Å². The van der Waals surface area contributed by atoms with Crippen molar-refractivity contribution in [1.82, 2.24) is 4.98 Å². The molecule has 1 aromatic carbocycles. The maximum Gasteiger partial charge on any atom is 0.363 e. The lowest BCUT2D eigenvalue weighted by Crippen LogP contribution is -2.05. The van der Waals surface area contributed by atoms with Crippen LogP contribution in [0.25, 0.3) is 6.08 Å². The third kappa shape index (κ3) is 2.81. The average Bonchev–Trinajstić information content (AvgIpc) is 2.89. The Hall–Kier alpha value is -2.95. The van der Waals surface area contributed by atoms with Gasteiger partial charge in [-0.15, -0.1) is 0 Å². The Morgan fingerprint density at radius 3 is 2.90 bits per heavy atom. The number of hydrogen-bond acceptors (Lipinski definition) is 5. The Bertz CT molecular complexity index is 736. The van der Waals surface area contributed by atoms with E-state index in [1.807, 2.05) is 24.3 Å². The van der Waals surface area contributed by atoms with E-state index in [2.05, 4.69) is 9.98 Å². The lowest BCUT2D eigenvalue weighted by molar-refractivity contribution is -0.129. The maximum absolute atomic E-state index is 11.9. The predicted octanol–water partition coefficient (Wildman–Crippen LogP) is 2.43. The summed E-state index contributed by atoms with van der Waals surface area (Å²) < 4.78 is 10.3. The fourth-order valence-corrected chi connectivity index (χ4v) is 1.91. The number of aromatic nitrogens is 1. The molecule has 0 saturated carbocycles. The lowest BCUT2D eigenvalue weighted by Gasteiger charge is -2.02. The summed E-state index contributed by atoms with van der Waals surface area (Å²) in [6, 6.07) is 10.8. The number of ether oxygens (including phenoxy) is 2.